The number of benzene rings is 1. The lowest BCUT2D eigenvalue weighted by molar-refractivity contribution is -0.873. The van der Waals surface area contributed by atoms with E-state index in [4.69, 9.17) is 4.74 Å². The van der Waals surface area contributed by atoms with E-state index in [1.54, 1.807) is 0 Å². The Morgan fingerprint density at radius 1 is 1.29 bits per heavy atom. The molecule has 3 N–H and O–H groups in total. The van der Waals surface area contributed by atoms with Gasteiger partial charge in [0.1, 0.15) is 23.6 Å². The third-order valence-electron chi connectivity index (χ3n) is 3.42. The van der Waals surface area contributed by atoms with E-state index in [2.05, 4.69) is 32.9 Å². The number of pyridine rings is 1. The van der Waals surface area contributed by atoms with Gasteiger partial charge in [0.05, 0.1) is 26.1 Å². The van der Waals surface area contributed by atoms with Crippen molar-refractivity contribution >= 4 is 10.9 Å². The highest BCUT2D eigenvalue weighted by Crippen LogP contribution is 2.30. The fourth-order valence-electron chi connectivity index (χ4n) is 2.37. The highest BCUT2D eigenvalue weighted by molar-refractivity contribution is 5.84. The molecular weight excluding hydrogens is 264 g/mol. The number of ether oxygens (including phenoxy) is 1. The largest absolute Gasteiger partial charge is 0.506 e. The molecule has 0 atom stereocenters. The lowest BCUT2D eigenvalue weighted by Gasteiger charge is -2.12. The molecule has 1 aromatic heterocycles. The average molecular weight is 290 g/mol. The van der Waals surface area contributed by atoms with E-state index in [0.29, 0.717) is 18.3 Å². The SMILES string of the molecule is Cc1[nH+]c2ccc(OCC(C)C)cc2c(O)c1C[NH+](C)C. The van der Waals surface area contributed by atoms with E-state index in [1.165, 1.54) is 4.90 Å². The summed E-state index contributed by atoms with van der Waals surface area (Å²) in [5.41, 5.74) is 2.90. The van der Waals surface area contributed by atoms with Crippen LogP contribution in [0.5, 0.6) is 11.5 Å². The van der Waals surface area contributed by atoms with E-state index in [9.17, 15) is 5.11 Å². The van der Waals surface area contributed by atoms with Crippen LogP contribution in [0.4, 0.5) is 0 Å². The molecule has 4 nitrogen and oxygen atoms in total. The van der Waals surface area contributed by atoms with E-state index < -0.39 is 0 Å². The number of nitrogens with one attached hydrogen (secondary N) is 2. The highest BCUT2D eigenvalue weighted by Gasteiger charge is 2.19. The fraction of sp³-hybridized carbons (Fsp3) is 0.471. The molecule has 0 aliphatic rings. The normalized spacial score (nSPS) is 11.6. The maximum absolute atomic E-state index is 10.6. The van der Waals surface area contributed by atoms with E-state index in [1.807, 2.05) is 25.1 Å². The smallest absolute Gasteiger partial charge is 0.215 e. The third-order valence-corrected chi connectivity index (χ3v) is 3.42. The molecule has 0 saturated carbocycles. The zero-order valence-corrected chi connectivity index (χ0v) is 13.6. The van der Waals surface area contributed by atoms with Crippen LogP contribution in [0.2, 0.25) is 0 Å². The number of aromatic amines is 1. The fourth-order valence-corrected chi connectivity index (χ4v) is 2.37. The summed E-state index contributed by atoms with van der Waals surface area (Å²) >= 11 is 0. The molecule has 21 heavy (non-hydrogen) atoms. The number of H-pyrrole nitrogens is 1. The van der Waals surface area contributed by atoms with Gasteiger partial charge in [-0.05, 0) is 18.1 Å². The third kappa shape index (κ3) is 3.64. The van der Waals surface area contributed by atoms with Crippen LogP contribution in [-0.2, 0) is 6.54 Å². The Kier molecular flexibility index (Phi) is 4.68. The Hall–Kier alpha value is -1.81. The monoisotopic (exact) mass is 290 g/mol. The molecule has 0 bridgehead atoms. The minimum absolute atomic E-state index is 0.359. The summed E-state index contributed by atoms with van der Waals surface area (Å²) in [6.45, 7) is 7.69. The Labute approximate surface area is 126 Å². The molecule has 0 spiro atoms. The first-order valence-corrected chi connectivity index (χ1v) is 7.47. The number of aromatic nitrogens is 1. The van der Waals surface area contributed by atoms with Crippen molar-refractivity contribution in [3.8, 4) is 11.5 Å². The van der Waals surface area contributed by atoms with Crippen LogP contribution in [0, 0.1) is 12.8 Å². The van der Waals surface area contributed by atoms with E-state index in [-0.39, 0.29) is 0 Å². The van der Waals surface area contributed by atoms with Gasteiger partial charge in [-0.1, -0.05) is 13.8 Å². The molecule has 1 aromatic carbocycles. The lowest BCUT2D eigenvalue weighted by atomic mass is 10.1. The molecule has 0 unspecified atom stereocenters. The maximum Gasteiger partial charge on any atom is 0.215 e. The number of fused-ring (bicyclic) bond motifs is 1. The van der Waals surface area contributed by atoms with Gasteiger partial charge in [-0.3, -0.25) is 0 Å². The van der Waals surface area contributed by atoms with Crippen molar-refractivity contribution in [3.63, 3.8) is 0 Å². The first kappa shape index (κ1) is 15.6. The van der Waals surface area contributed by atoms with Crippen LogP contribution in [0.25, 0.3) is 10.9 Å². The predicted octanol–water partition coefficient (Wildman–Crippen LogP) is 1.35. The second-order valence-electron chi connectivity index (χ2n) is 6.37. The molecule has 0 radical (unpaired) electrons. The summed E-state index contributed by atoms with van der Waals surface area (Å²) in [4.78, 5) is 4.64. The number of hydrogen-bond donors (Lipinski definition) is 2. The number of quaternary nitrogens is 1. The van der Waals surface area contributed by atoms with Crippen molar-refractivity contribution < 1.29 is 19.7 Å². The van der Waals surface area contributed by atoms with Gasteiger partial charge in [-0.25, -0.2) is 4.98 Å². The Morgan fingerprint density at radius 3 is 2.62 bits per heavy atom. The van der Waals surface area contributed by atoms with Crippen LogP contribution < -0.4 is 14.6 Å². The van der Waals surface area contributed by atoms with Crippen LogP contribution in [0.3, 0.4) is 0 Å². The van der Waals surface area contributed by atoms with Gasteiger partial charge in [0.15, 0.2) is 5.69 Å². The van der Waals surface area contributed by atoms with E-state index in [0.717, 1.165) is 34.5 Å². The number of aryl methyl sites for hydroxylation is 1. The molecular formula is C17H26N2O2+2. The van der Waals surface area contributed by atoms with Gasteiger partial charge in [-0.15, -0.1) is 0 Å². The Morgan fingerprint density at radius 2 is 2.00 bits per heavy atom. The van der Waals surface area contributed by atoms with Crippen molar-refractivity contribution in [2.24, 2.45) is 5.92 Å². The molecule has 0 amide bonds. The summed E-state index contributed by atoms with van der Waals surface area (Å²) in [6.07, 6.45) is 0. The van der Waals surface area contributed by atoms with Crippen molar-refractivity contribution in [1.82, 2.24) is 0 Å². The van der Waals surface area contributed by atoms with Gasteiger partial charge < -0.3 is 14.7 Å². The second-order valence-corrected chi connectivity index (χ2v) is 6.37. The van der Waals surface area contributed by atoms with Crippen LogP contribution >= 0.6 is 0 Å². The zero-order valence-electron chi connectivity index (χ0n) is 13.6. The summed E-state index contributed by atoms with van der Waals surface area (Å²) in [7, 11) is 4.15. The molecule has 0 aliphatic heterocycles. The summed E-state index contributed by atoms with van der Waals surface area (Å²) in [5, 5.41) is 11.4. The quantitative estimate of drug-likeness (QED) is 0.873. The van der Waals surface area contributed by atoms with Crippen molar-refractivity contribution in [2.75, 3.05) is 20.7 Å². The first-order chi connectivity index (χ1) is 9.88. The van der Waals surface area contributed by atoms with Gasteiger partial charge in [0, 0.05) is 13.0 Å². The first-order valence-electron chi connectivity index (χ1n) is 7.47. The Balaban J connectivity index is 2.44. The molecule has 114 valence electrons. The van der Waals surface area contributed by atoms with Crippen molar-refractivity contribution in [1.29, 1.82) is 0 Å². The van der Waals surface area contributed by atoms with E-state index >= 15 is 0 Å². The van der Waals surface area contributed by atoms with Gasteiger partial charge in [0.2, 0.25) is 5.52 Å². The second kappa shape index (κ2) is 6.31. The molecule has 2 aromatic rings. The minimum atomic E-state index is 0.359. The van der Waals surface area contributed by atoms with Crippen LogP contribution in [-0.4, -0.2) is 25.8 Å². The Bertz CT molecular complexity index is 636. The predicted molar refractivity (Wildman–Crippen MR) is 83.8 cm³/mol. The highest BCUT2D eigenvalue weighted by atomic mass is 16.5. The van der Waals surface area contributed by atoms with Gasteiger partial charge in [0.25, 0.3) is 0 Å². The molecule has 0 aliphatic carbocycles. The molecule has 4 heteroatoms. The van der Waals surface area contributed by atoms with Gasteiger partial charge in [-0.2, -0.15) is 0 Å². The van der Waals surface area contributed by atoms with Crippen molar-refractivity contribution in [3.05, 3.63) is 29.5 Å². The summed E-state index contributed by atoms with van der Waals surface area (Å²) < 4.78 is 5.75. The maximum atomic E-state index is 10.6. The number of aromatic hydroxyl groups is 1. The molecule has 2 rings (SSSR count). The number of hydrogen-bond acceptors (Lipinski definition) is 2. The summed E-state index contributed by atoms with van der Waals surface area (Å²) in [5.74, 6) is 1.64. The molecule has 0 fully saturated rings. The lowest BCUT2D eigenvalue weighted by Crippen LogP contribution is -3.04. The van der Waals surface area contributed by atoms with Crippen LogP contribution in [0.15, 0.2) is 18.2 Å². The number of rotatable bonds is 5. The molecule has 1 heterocycles. The standard InChI is InChI=1S/C17H24N2O2/c1-11(2)10-21-13-6-7-16-14(8-13)17(20)15(9-19(4)5)12(3)18-16/h6-8,11H,9-10H2,1-5H3,(H,18,20)/p+2. The topological polar surface area (TPSA) is 48.0 Å². The van der Waals surface area contributed by atoms with Gasteiger partial charge >= 0.3 is 0 Å². The molecule has 0 saturated heterocycles. The zero-order chi connectivity index (χ0) is 15.6. The van der Waals surface area contributed by atoms with Crippen LogP contribution in [0.1, 0.15) is 25.1 Å². The summed E-state index contributed by atoms with van der Waals surface area (Å²) in [6, 6.07) is 5.82. The minimum Gasteiger partial charge on any atom is -0.506 e. The van der Waals surface area contributed by atoms with Crippen molar-refractivity contribution in [2.45, 2.75) is 27.3 Å². The average Bonchev–Trinajstić information content (AvgIpc) is 2.41.